The fourth-order valence-electron chi connectivity index (χ4n) is 3.57. The lowest BCUT2D eigenvalue weighted by Gasteiger charge is -2.29. The van der Waals surface area contributed by atoms with E-state index in [0.717, 1.165) is 24.2 Å². The molecule has 0 amide bonds. The van der Waals surface area contributed by atoms with Crippen molar-refractivity contribution in [1.29, 1.82) is 0 Å². The predicted octanol–water partition coefficient (Wildman–Crippen LogP) is 3.41. The third kappa shape index (κ3) is 2.79. The molecule has 2 bridgehead atoms. The average Bonchev–Trinajstić information content (AvgIpc) is 2.87. The predicted molar refractivity (Wildman–Crippen MR) is 83.3 cm³/mol. The normalized spacial score (nSPS) is 27.5. The molecule has 0 spiro atoms. The molecule has 3 heteroatoms. The molecular weight excluding hydrogens is 260 g/mol. The van der Waals surface area contributed by atoms with E-state index >= 15 is 0 Å². The lowest BCUT2D eigenvalue weighted by molar-refractivity contribution is 0.137. The number of fused-ring (bicyclic) bond motifs is 2. The SMILES string of the molecule is c1ccc(-c2cncc(OC3C[C@H]4CC[C@@H](C3)N4)c2)cc1. The number of ether oxygens (including phenoxy) is 1. The van der Waals surface area contributed by atoms with E-state index in [9.17, 15) is 0 Å². The molecule has 1 aromatic heterocycles. The molecule has 0 radical (unpaired) electrons. The lowest BCUT2D eigenvalue weighted by Crippen LogP contribution is -2.42. The molecule has 2 aliphatic rings. The van der Waals surface area contributed by atoms with E-state index in [1.807, 2.05) is 30.6 Å². The van der Waals surface area contributed by atoms with Crippen LogP contribution in [0, 0.1) is 0 Å². The maximum atomic E-state index is 6.20. The van der Waals surface area contributed by atoms with Crippen LogP contribution >= 0.6 is 0 Å². The van der Waals surface area contributed by atoms with E-state index in [0.29, 0.717) is 18.2 Å². The van der Waals surface area contributed by atoms with Crippen LogP contribution < -0.4 is 10.1 Å². The minimum Gasteiger partial charge on any atom is -0.489 e. The summed E-state index contributed by atoms with van der Waals surface area (Å²) in [7, 11) is 0. The third-order valence-corrected chi connectivity index (χ3v) is 4.55. The molecule has 2 aliphatic heterocycles. The fraction of sp³-hybridized carbons (Fsp3) is 0.389. The van der Waals surface area contributed by atoms with Gasteiger partial charge in [0, 0.05) is 23.8 Å². The Morgan fingerprint density at radius 2 is 1.71 bits per heavy atom. The third-order valence-electron chi connectivity index (χ3n) is 4.55. The number of aromatic nitrogens is 1. The zero-order chi connectivity index (χ0) is 14.1. The van der Waals surface area contributed by atoms with Crippen molar-refractivity contribution >= 4 is 0 Å². The summed E-state index contributed by atoms with van der Waals surface area (Å²) < 4.78 is 6.20. The van der Waals surface area contributed by atoms with Gasteiger partial charge in [0.1, 0.15) is 11.9 Å². The van der Waals surface area contributed by atoms with Crippen molar-refractivity contribution in [2.24, 2.45) is 0 Å². The van der Waals surface area contributed by atoms with Crippen LogP contribution in [-0.4, -0.2) is 23.2 Å². The summed E-state index contributed by atoms with van der Waals surface area (Å²) in [5.41, 5.74) is 2.30. The van der Waals surface area contributed by atoms with Gasteiger partial charge in [-0.1, -0.05) is 30.3 Å². The Morgan fingerprint density at radius 3 is 2.48 bits per heavy atom. The number of hydrogen-bond donors (Lipinski definition) is 1. The van der Waals surface area contributed by atoms with E-state index in [-0.39, 0.29) is 0 Å². The van der Waals surface area contributed by atoms with Gasteiger partial charge in [-0.05, 0) is 37.3 Å². The van der Waals surface area contributed by atoms with Crippen LogP contribution in [0.3, 0.4) is 0 Å². The van der Waals surface area contributed by atoms with Crippen molar-refractivity contribution in [2.45, 2.75) is 43.9 Å². The number of nitrogens with one attached hydrogen (secondary N) is 1. The number of rotatable bonds is 3. The Morgan fingerprint density at radius 1 is 0.952 bits per heavy atom. The molecular formula is C18H20N2O. The molecule has 4 rings (SSSR count). The molecule has 21 heavy (non-hydrogen) atoms. The lowest BCUT2D eigenvalue weighted by atomic mass is 10.0. The second-order valence-corrected chi connectivity index (χ2v) is 6.12. The van der Waals surface area contributed by atoms with Gasteiger partial charge in [-0.15, -0.1) is 0 Å². The van der Waals surface area contributed by atoms with Crippen LogP contribution in [0.2, 0.25) is 0 Å². The summed E-state index contributed by atoms with van der Waals surface area (Å²) in [6.07, 6.45) is 8.89. The van der Waals surface area contributed by atoms with E-state index < -0.39 is 0 Å². The fourth-order valence-corrected chi connectivity index (χ4v) is 3.57. The molecule has 3 nitrogen and oxygen atoms in total. The first-order valence-corrected chi connectivity index (χ1v) is 7.80. The van der Waals surface area contributed by atoms with Crippen LogP contribution in [0.25, 0.3) is 11.1 Å². The maximum Gasteiger partial charge on any atom is 0.138 e. The summed E-state index contributed by atoms with van der Waals surface area (Å²) in [6, 6.07) is 13.7. The van der Waals surface area contributed by atoms with Crippen LogP contribution in [0.4, 0.5) is 0 Å². The van der Waals surface area contributed by atoms with Gasteiger partial charge < -0.3 is 10.1 Å². The summed E-state index contributed by atoms with van der Waals surface area (Å²) in [6.45, 7) is 0. The van der Waals surface area contributed by atoms with Crippen LogP contribution in [0.5, 0.6) is 5.75 Å². The van der Waals surface area contributed by atoms with Crippen molar-refractivity contribution in [1.82, 2.24) is 10.3 Å². The summed E-state index contributed by atoms with van der Waals surface area (Å²) in [4.78, 5) is 4.34. The van der Waals surface area contributed by atoms with Crippen molar-refractivity contribution in [2.75, 3.05) is 0 Å². The second kappa shape index (κ2) is 5.49. The Labute approximate surface area is 125 Å². The standard InChI is InChI=1S/C18H20N2O/c1-2-4-13(5-3-1)14-8-18(12-19-11-14)21-17-9-15-6-7-16(10-17)20-15/h1-5,8,11-12,15-17,20H,6-7,9-10H2/t15-,16+,17?. The first-order valence-electron chi connectivity index (χ1n) is 7.80. The number of benzene rings is 1. The monoisotopic (exact) mass is 280 g/mol. The van der Waals surface area contributed by atoms with Crippen molar-refractivity contribution in [3.63, 3.8) is 0 Å². The largest absolute Gasteiger partial charge is 0.489 e. The summed E-state index contributed by atoms with van der Waals surface area (Å²) >= 11 is 0. The van der Waals surface area contributed by atoms with Crippen molar-refractivity contribution < 1.29 is 4.74 Å². The summed E-state index contributed by atoms with van der Waals surface area (Å²) in [5, 5.41) is 3.65. The molecule has 0 saturated carbocycles. The van der Waals surface area contributed by atoms with Gasteiger partial charge in [0.25, 0.3) is 0 Å². The smallest absolute Gasteiger partial charge is 0.138 e. The Bertz CT molecular complexity index is 602. The first-order chi connectivity index (χ1) is 10.4. The van der Waals surface area contributed by atoms with E-state index in [1.54, 1.807) is 0 Å². The molecule has 2 saturated heterocycles. The van der Waals surface area contributed by atoms with E-state index in [1.165, 1.54) is 18.4 Å². The zero-order valence-electron chi connectivity index (χ0n) is 12.0. The van der Waals surface area contributed by atoms with Gasteiger partial charge in [0.2, 0.25) is 0 Å². The number of pyridine rings is 1. The minimum absolute atomic E-state index is 0.330. The van der Waals surface area contributed by atoms with Crippen molar-refractivity contribution in [3.05, 3.63) is 48.8 Å². The number of piperidine rings is 1. The molecule has 108 valence electrons. The highest BCUT2D eigenvalue weighted by Gasteiger charge is 2.34. The van der Waals surface area contributed by atoms with Gasteiger partial charge in [-0.3, -0.25) is 4.98 Å². The van der Waals surface area contributed by atoms with Crippen LogP contribution in [0.15, 0.2) is 48.8 Å². The maximum absolute atomic E-state index is 6.20. The minimum atomic E-state index is 0.330. The summed E-state index contributed by atoms with van der Waals surface area (Å²) in [5.74, 6) is 0.891. The Kier molecular flexibility index (Phi) is 3.36. The average molecular weight is 280 g/mol. The molecule has 1 unspecified atom stereocenters. The van der Waals surface area contributed by atoms with Gasteiger partial charge in [0.05, 0.1) is 6.20 Å². The van der Waals surface area contributed by atoms with Gasteiger partial charge in [-0.25, -0.2) is 0 Å². The first kappa shape index (κ1) is 12.8. The van der Waals surface area contributed by atoms with E-state index in [2.05, 4.69) is 28.5 Å². The highest BCUT2D eigenvalue weighted by atomic mass is 16.5. The molecule has 1 aromatic carbocycles. The highest BCUT2D eigenvalue weighted by molar-refractivity contribution is 5.63. The Balaban J connectivity index is 1.51. The molecule has 2 fully saturated rings. The van der Waals surface area contributed by atoms with Gasteiger partial charge in [0.15, 0.2) is 0 Å². The Hall–Kier alpha value is -1.87. The number of hydrogen-bond acceptors (Lipinski definition) is 3. The van der Waals surface area contributed by atoms with Crippen LogP contribution in [0.1, 0.15) is 25.7 Å². The second-order valence-electron chi connectivity index (χ2n) is 6.12. The molecule has 3 atom stereocenters. The van der Waals surface area contributed by atoms with Gasteiger partial charge in [-0.2, -0.15) is 0 Å². The number of nitrogens with zero attached hydrogens (tertiary/aromatic N) is 1. The topological polar surface area (TPSA) is 34.1 Å². The zero-order valence-corrected chi connectivity index (χ0v) is 12.0. The molecule has 3 heterocycles. The van der Waals surface area contributed by atoms with Crippen LogP contribution in [-0.2, 0) is 0 Å². The quantitative estimate of drug-likeness (QED) is 0.935. The molecule has 0 aliphatic carbocycles. The highest BCUT2D eigenvalue weighted by Crippen LogP contribution is 2.30. The molecule has 2 aromatic rings. The van der Waals surface area contributed by atoms with Gasteiger partial charge >= 0.3 is 0 Å². The van der Waals surface area contributed by atoms with Crippen molar-refractivity contribution in [3.8, 4) is 16.9 Å². The van der Waals surface area contributed by atoms with E-state index in [4.69, 9.17) is 4.74 Å². The molecule has 1 N–H and O–H groups in total.